The molecule has 0 rings (SSSR count). The van der Waals surface area contributed by atoms with Gasteiger partial charge in [-0.15, -0.1) is 0 Å². The van der Waals surface area contributed by atoms with Crippen LogP contribution in [0, 0.1) is 10.8 Å². The molecule has 2 unspecified atom stereocenters. The fraction of sp³-hybridized carbons (Fsp3) is 1.00. The summed E-state index contributed by atoms with van der Waals surface area (Å²) in [5.41, 5.74) is 0.433. The molecule has 0 saturated carbocycles. The Hall–Kier alpha value is 0.354. The fourth-order valence-electron chi connectivity index (χ4n) is 2.03. The van der Waals surface area contributed by atoms with Crippen LogP contribution in [-0.2, 0) is 8.85 Å². The van der Waals surface area contributed by atoms with Crippen molar-refractivity contribution in [2.45, 2.75) is 106 Å². The molecule has 134 valence electrons. The van der Waals surface area contributed by atoms with E-state index in [4.69, 9.17) is 8.85 Å². The Morgan fingerprint density at radius 3 is 1.05 bits per heavy atom. The van der Waals surface area contributed by atoms with E-state index in [1.165, 1.54) is 12.1 Å². The molecule has 0 aromatic carbocycles. The van der Waals surface area contributed by atoms with Crippen molar-refractivity contribution in [1.82, 2.24) is 0 Å². The van der Waals surface area contributed by atoms with Gasteiger partial charge in [-0.2, -0.15) is 0 Å². The molecule has 0 aromatic heterocycles. The van der Waals surface area contributed by atoms with Gasteiger partial charge in [0, 0.05) is 12.2 Å². The molecule has 0 fully saturated rings. The smallest absolute Gasteiger partial charge is 0.186 e. The molecule has 2 nitrogen and oxygen atoms in total. The summed E-state index contributed by atoms with van der Waals surface area (Å²) in [7, 11) is -3.26. The highest BCUT2D eigenvalue weighted by Crippen LogP contribution is 2.31. The molecule has 0 heterocycles. The van der Waals surface area contributed by atoms with E-state index < -0.39 is 16.6 Å². The van der Waals surface area contributed by atoms with E-state index in [9.17, 15) is 0 Å². The lowest BCUT2D eigenvalue weighted by Crippen LogP contribution is -2.44. The maximum absolute atomic E-state index is 6.48. The first kappa shape index (κ1) is 22.4. The molecule has 22 heavy (non-hydrogen) atoms. The number of rotatable bonds is 7. The average molecular weight is 347 g/mol. The van der Waals surface area contributed by atoms with Crippen molar-refractivity contribution in [2.24, 2.45) is 10.8 Å². The van der Waals surface area contributed by atoms with Crippen molar-refractivity contribution in [3.63, 3.8) is 0 Å². The van der Waals surface area contributed by atoms with Crippen molar-refractivity contribution in [3.05, 3.63) is 0 Å². The molecule has 4 heteroatoms. The first-order valence-electron chi connectivity index (χ1n) is 8.82. The van der Waals surface area contributed by atoms with Gasteiger partial charge >= 0.3 is 0 Å². The quantitative estimate of drug-likeness (QED) is 0.504. The Morgan fingerprint density at radius 1 is 0.636 bits per heavy atom. The molecular weight excluding hydrogens is 304 g/mol. The van der Waals surface area contributed by atoms with Gasteiger partial charge in [0.05, 0.1) is 0 Å². The van der Waals surface area contributed by atoms with Crippen LogP contribution < -0.4 is 0 Å². The zero-order valence-corrected chi connectivity index (χ0v) is 19.4. The lowest BCUT2D eigenvalue weighted by molar-refractivity contribution is 0.0917. The summed E-state index contributed by atoms with van der Waals surface area (Å²) in [6.45, 7) is 27.4. The second kappa shape index (κ2) is 7.50. The summed E-state index contributed by atoms with van der Waals surface area (Å²) in [5.74, 6) is 0. The number of hydrogen-bond acceptors (Lipinski definition) is 2. The molecule has 0 amide bonds. The van der Waals surface area contributed by atoms with E-state index in [2.05, 4.69) is 81.6 Å². The zero-order chi connectivity index (χ0) is 18.0. The van der Waals surface area contributed by atoms with E-state index in [1.807, 2.05) is 0 Å². The molecule has 0 N–H and O–H groups in total. The molecule has 0 bridgehead atoms. The maximum atomic E-state index is 6.48. The van der Waals surface area contributed by atoms with Gasteiger partial charge in [-0.1, -0.05) is 41.5 Å². The molecule has 0 spiro atoms. The van der Waals surface area contributed by atoms with Crippen LogP contribution >= 0.6 is 0 Å². The Balaban J connectivity index is 4.57. The topological polar surface area (TPSA) is 18.5 Å². The standard InChI is InChI=1S/C18H42O2Si2/c1-15(17(3,4)5)19-21(9,10)13-14-22(11,12)20-16(2)18(6,7)8/h15-16H,13-14H2,1-12H3. The molecule has 0 aliphatic carbocycles. The van der Waals surface area contributed by atoms with E-state index in [0.29, 0.717) is 12.2 Å². The predicted molar refractivity (Wildman–Crippen MR) is 105 cm³/mol. The van der Waals surface area contributed by atoms with Crippen LogP contribution in [0.15, 0.2) is 0 Å². The van der Waals surface area contributed by atoms with E-state index >= 15 is 0 Å². The third-order valence-corrected chi connectivity index (χ3v) is 10.2. The van der Waals surface area contributed by atoms with Crippen LogP contribution in [0.1, 0.15) is 55.4 Å². The van der Waals surface area contributed by atoms with Crippen LogP contribution in [-0.4, -0.2) is 28.8 Å². The highest BCUT2D eigenvalue weighted by molar-refractivity contribution is 6.76. The van der Waals surface area contributed by atoms with Gasteiger partial charge in [0.25, 0.3) is 0 Å². The van der Waals surface area contributed by atoms with Crippen LogP contribution in [0.5, 0.6) is 0 Å². The van der Waals surface area contributed by atoms with E-state index in [-0.39, 0.29) is 10.8 Å². The Morgan fingerprint density at radius 2 is 0.864 bits per heavy atom. The third kappa shape index (κ3) is 8.85. The predicted octanol–water partition coefficient (Wildman–Crippen LogP) is 6.30. The molecule has 2 atom stereocenters. The minimum atomic E-state index is -1.63. The van der Waals surface area contributed by atoms with Crippen molar-refractivity contribution < 1.29 is 8.85 Å². The fourth-order valence-corrected chi connectivity index (χ4v) is 9.70. The van der Waals surface area contributed by atoms with E-state index in [0.717, 1.165) is 0 Å². The second-order valence-electron chi connectivity index (χ2n) is 10.3. The van der Waals surface area contributed by atoms with Crippen LogP contribution in [0.4, 0.5) is 0 Å². The minimum absolute atomic E-state index is 0.217. The van der Waals surface area contributed by atoms with Gasteiger partial charge < -0.3 is 8.85 Å². The van der Waals surface area contributed by atoms with Gasteiger partial charge in [0.1, 0.15) is 0 Å². The Bertz CT molecular complexity index is 304. The van der Waals surface area contributed by atoms with Crippen LogP contribution in [0.3, 0.4) is 0 Å². The summed E-state index contributed by atoms with van der Waals surface area (Å²) < 4.78 is 13.0. The first-order chi connectivity index (χ1) is 9.46. The normalized spacial score (nSPS) is 17.5. The lowest BCUT2D eigenvalue weighted by atomic mass is 9.91. The van der Waals surface area contributed by atoms with Crippen LogP contribution in [0.2, 0.25) is 38.3 Å². The van der Waals surface area contributed by atoms with Crippen molar-refractivity contribution in [3.8, 4) is 0 Å². The van der Waals surface area contributed by atoms with Gasteiger partial charge in [0.15, 0.2) is 16.6 Å². The monoisotopic (exact) mass is 346 g/mol. The minimum Gasteiger partial charge on any atom is -0.414 e. The molecule has 0 radical (unpaired) electrons. The second-order valence-corrected chi connectivity index (χ2v) is 18.8. The molecular formula is C18H42O2Si2. The summed E-state index contributed by atoms with van der Waals surface area (Å²) >= 11 is 0. The zero-order valence-electron chi connectivity index (χ0n) is 17.4. The maximum Gasteiger partial charge on any atom is 0.186 e. The molecule has 0 saturated heterocycles. The highest BCUT2D eigenvalue weighted by atomic mass is 28.4. The highest BCUT2D eigenvalue weighted by Gasteiger charge is 2.35. The summed E-state index contributed by atoms with van der Waals surface area (Å²) in [5, 5.41) is 0. The Kier molecular flexibility index (Phi) is 7.62. The average Bonchev–Trinajstić information content (AvgIpc) is 2.23. The van der Waals surface area contributed by atoms with Crippen molar-refractivity contribution in [2.75, 3.05) is 0 Å². The number of hydrogen-bond donors (Lipinski definition) is 0. The Labute approximate surface area is 142 Å². The van der Waals surface area contributed by atoms with Crippen molar-refractivity contribution in [1.29, 1.82) is 0 Å². The van der Waals surface area contributed by atoms with Gasteiger partial charge in [-0.25, -0.2) is 0 Å². The van der Waals surface area contributed by atoms with E-state index in [1.54, 1.807) is 0 Å². The molecule has 0 aliphatic rings. The lowest BCUT2D eigenvalue weighted by Gasteiger charge is -2.38. The summed E-state index contributed by atoms with van der Waals surface area (Å²) in [4.78, 5) is 0. The SMILES string of the molecule is CC(O[Si](C)(C)CC[Si](C)(C)OC(C)C(C)(C)C)C(C)(C)C. The molecule has 0 aromatic rings. The van der Waals surface area contributed by atoms with Crippen molar-refractivity contribution >= 4 is 16.6 Å². The first-order valence-corrected chi connectivity index (χ1v) is 15.0. The van der Waals surface area contributed by atoms with Gasteiger partial charge in [-0.05, 0) is 63.0 Å². The van der Waals surface area contributed by atoms with Gasteiger partial charge in [-0.3, -0.25) is 0 Å². The summed E-state index contributed by atoms with van der Waals surface area (Å²) in [6, 6.07) is 2.40. The third-order valence-electron chi connectivity index (χ3n) is 4.76. The van der Waals surface area contributed by atoms with Crippen LogP contribution in [0.25, 0.3) is 0 Å². The largest absolute Gasteiger partial charge is 0.414 e. The van der Waals surface area contributed by atoms with Gasteiger partial charge in [0.2, 0.25) is 0 Å². The summed E-state index contributed by atoms with van der Waals surface area (Å²) in [6.07, 6.45) is 0.627. The molecule has 0 aliphatic heterocycles.